The molecule has 5 rings (SSSR count). The number of nitrogens with two attached hydrogens (primary N) is 1. The van der Waals surface area contributed by atoms with Crippen LogP contribution in [0, 0.1) is 11.8 Å². The maximum atomic E-state index is 13.3. The molecule has 3 N–H and O–H groups in total. The van der Waals surface area contributed by atoms with Gasteiger partial charge in [-0.15, -0.1) is 0 Å². The van der Waals surface area contributed by atoms with E-state index in [1.165, 1.54) is 12.8 Å². The van der Waals surface area contributed by atoms with Crippen LogP contribution in [0.5, 0.6) is 0 Å². The quantitative estimate of drug-likeness (QED) is 0.494. The SMILES string of the molecule is CC1CCN(c2ccc(-c3cccc(CN(CCCN)C(=O)N4CCOCC4)c3)cc2NC(=O)C2CC2)CC1. The molecule has 0 radical (unpaired) electrons. The number of ether oxygens (including phenoxy) is 1. The summed E-state index contributed by atoms with van der Waals surface area (Å²) in [6, 6.07) is 14.9. The minimum absolute atomic E-state index is 0.0439. The van der Waals surface area contributed by atoms with Gasteiger partial charge in [-0.2, -0.15) is 0 Å². The zero-order valence-electron chi connectivity index (χ0n) is 23.2. The third-order valence-electron chi connectivity index (χ3n) is 8.14. The van der Waals surface area contributed by atoms with Gasteiger partial charge in [-0.25, -0.2) is 4.79 Å². The summed E-state index contributed by atoms with van der Waals surface area (Å²) in [5.41, 5.74) is 11.0. The second-order valence-electron chi connectivity index (χ2n) is 11.3. The van der Waals surface area contributed by atoms with Gasteiger partial charge in [0.1, 0.15) is 0 Å². The van der Waals surface area contributed by atoms with Crippen LogP contribution < -0.4 is 16.0 Å². The van der Waals surface area contributed by atoms with E-state index in [0.717, 1.165) is 66.3 Å². The van der Waals surface area contributed by atoms with Gasteiger partial charge >= 0.3 is 6.03 Å². The normalized spacial score (nSPS) is 18.2. The van der Waals surface area contributed by atoms with Gasteiger partial charge in [-0.3, -0.25) is 4.79 Å². The van der Waals surface area contributed by atoms with Crippen molar-refractivity contribution in [1.29, 1.82) is 0 Å². The Hall–Kier alpha value is -3.10. The number of urea groups is 1. The van der Waals surface area contributed by atoms with Crippen molar-refractivity contribution in [2.45, 2.75) is 45.6 Å². The van der Waals surface area contributed by atoms with Crippen LogP contribution in [0.1, 0.15) is 44.6 Å². The van der Waals surface area contributed by atoms with E-state index >= 15 is 0 Å². The summed E-state index contributed by atoms with van der Waals surface area (Å²) in [6.45, 7) is 8.44. The van der Waals surface area contributed by atoms with Crippen LogP contribution in [0.3, 0.4) is 0 Å². The number of amides is 3. The highest BCUT2D eigenvalue weighted by molar-refractivity contribution is 5.98. The first-order valence-electron chi connectivity index (χ1n) is 14.6. The highest BCUT2D eigenvalue weighted by Crippen LogP contribution is 2.36. The van der Waals surface area contributed by atoms with Crippen molar-refractivity contribution in [3.05, 3.63) is 48.0 Å². The van der Waals surface area contributed by atoms with Gasteiger partial charge in [0.25, 0.3) is 0 Å². The Kier molecular flexibility index (Phi) is 9.04. The highest BCUT2D eigenvalue weighted by atomic mass is 16.5. The molecule has 210 valence electrons. The number of rotatable bonds is 9. The molecule has 0 bridgehead atoms. The zero-order chi connectivity index (χ0) is 27.2. The summed E-state index contributed by atoms with van der Waals surface area (Å²) in [4.78, 5) is 32.3. The predicted octanol–water partition coefficient (Wildman–Crippen LogP) is 4.54. The largest absolute Gasteiger partial charge is 0.378 e. The molecule has 2 heterocycles. The Labute approximate surface area is 232 Å². The fourth-order valence-electron chi connectivity index (χ4n) is 5.47. The summed E-state index contributed by atoms with van der Waals surface area (Å²) in [7, 11) is 0. The lowest BCUT2D eigenvalue weighted by atomic mass is 9.97. The third kappa shape index (κ3) is 7.11. The first-order chi connectivity index (χ1) is 19.0. The number of anilines is 2. The van der Waals surface area contributed by atoms with E-state index in [9.17, 15) is 9.59 Å². The van der Waals surface area contributed by atoms with Crippen molar-refractivity contribution in [2.75, 3.05) is 62.7 Å². The molecule has 1 aliphatic carbocycles. The number of hydrogen-bond acceptors (Lipinski definition) is 5. The topological polar surface area (TPSA) is 91.1 Å². The van der Waals surface area contributed by atoms with E-state index in [-0.39, 0.29) is 17.9 Å². The van der Waals surface area contributed by atoms with Crippen LogP contribution in [0.25, 0.3) is 11.1 Å². The molecule has 2 aromatic carbocycles. The summed E-state index contributed by atoms with van der Waals surface area (Å²) >= 11 is 0. The van der Waals surface area contributed by atoms with Gasteiger partial charge in [0, 0.05) is 45.2 Å². The fourth-order valence-corrected chi connectivity index (χ4v) is 5.47. The Bertz CT molecular complexity index is 1140. The van der Waals surface area contributed by atoms with Crippen molar-refractivity contribution in [1.82, 2.24) is 9.80 Å². The molecule has 0 spiro atoms. The first-order valence-corrected chi connectivity index (χ1v) is 14.6. The van der Waals surface area contributed by atoms with Crippen LogP contribution in [0.4, 0.5) is 16.2 Å². The van der Waals surface area contributed by atoms with Gasteiger partial charge in [0.05, 0.1) is 24.6 Å². The van der Waals surface area contributed by atoms with E-state index < -0.39 is 0 Å². The van der Waals surface area contributed by atoms with Crippen molar-refractivity contribution in [3.63, 3.8) is 0 Å². The average molecular weight is 534 g/mol. The molecule has 3 aliphatic rings. The van der Waals surface area contributed by atoms with Gasteiger partial charge in [-0.05, 0) is 79.5 Å². The first kappa shape index (κ1) is 27.5. The number of nitrogens with one attached hydrogen (secondary N) is 1. The molecular weight excluding hydrogens is 490 g/mol. The average Bonchev–Trinajstić information content (AvgIpc) is 3.82. The van der Waals surface area contributed by atoms with Gasteiger partial charge in [0.2, 0.25) is 5.91 Å². The lowest BCUT2D eigenvalue weighted by Gasteiger charge is -2.33. The Morgan fingerprint density at radius 2 is 1.74 bits per heavy atom. The standard InChI is InChI=1S/C31H43N5O3/c1-23-10-14-34(15-11-23)29-9-8-27(21-28(29)33-30(37)25-6-7-25)26-5-2-4-24(20-26)22-36(13-3-12-32)31(38)35-16-18-39-19-17-35/h2,4-5,8-9,20-21,23,25H,3,6-7,10-19,22,32H2,1H3,(H,33,37). The van der Waals surface area contributed by atoms with E-state index in [0.29, 0.717) is 45.9 Å². The monoisotopic (exact) mass is 533 g/mol. The molecule has 39 heavy (non-hydrogen) atoms. The number of piperidine rings is 1. The zero-order valence-corrected chi connectivity index (χ0v) is 23.2. The number of carbonyl (C=O) groups is 2. The molecule has 0 aromatic heterocycles. The van der Waals surface area contributed by atoms with E-state index in [2.05, 4.69) is 53.5 Å². The van der Waals surface area contributed by atoms with E-state index in [1.807, 2.05) is 15.9 Å². The molecule has 8 heteroatoms. The van der Waals surface area contributed by atoms with Gasteiger partial charge < -0.3 is 30.5 Å². The third-order valence-corrected chi connectivity index (χ3v) is 8.14. The Balaban J connectivity index is 1.37. The molecule has 2 aromatic rings. The van der Waals surface area contributed by atoms with Crippen LogP contribution in [-0.4, -0.2) is 74.2 Å². The van der Waals surface area contributed by atoms with Crippen LogP contribution in [0.15, 0.2) is 42.5 Å². The summed E-state index contributed by atoms with van der Waals surface area (Å²) in [5, 5.41) is 3.25. The Morgan fingerprint density at radius 1 is 1.00 bits per heavy atom. The van der Waals surface area contributed by atoms with Crippen molar-refractivity contribution in [2.24, 2.45) is 17.6 Å². The van der Waals surface area contributed by atoms with Crippen molar-refractivity contribution in [3.8, 4) is 11.1 Å². The molecule has 0 unspecified atom stereocenters. The van der Waals surface area contributed by atoms with Crippen LogP contribution in [-0.2, 0) is 16.1 Å². The lowest BCUT2D eigenvalue weighted by molar-refractivity contribution is -0.117. The molecule has 0 atom stereocenters. The second kappa shape index (κ2) is 12.8. The maximum Gasteiger partial charge on any atom is 0.320 e. The molecule has 2 aliphatic heterocycles. The summed E-state index contributed by atoms with van der Waals surface area (Å²) in [6.07, 6.45) is 5.06. The smallest absolute Gasteiger partial charge is 0.320 e. The van der Waals surface area contributed by atoms with E-state index in [1.54, 1.807) is 0 Å². The van der Waals surface area contributed by atoms with Gasteiger partial charge in [0.15, 0.2) is 0 Å². The minimum atomic E-state index is 0.0439. The second-order valence-corrected chi connectivity index (χ2v) is 11.3. The minimum Gasteiger partial charge on any atom is -0.378 e. The van der Waals surface area contributed by atoms with Gasteiger partial charge in [-0.1, -0.05) is 31.2 Å². The Morgan fingerprint density at radius 3 is 2.46 bits per heavy atom. The van der Waals surface area contributed by atoms with E-state index in [4.69, 9.17) is 10.5 Å². The number of benzene rings is 2. The highest BCUT2D eigenvalue weighted by Gasteiger charge is 2.30. The lowest BCUT2D eigenvalue weighted by Crippen LogP contribution is -2.48. The molecular formula is C31H43N5O3. The molecule has 1 saturated carbocycles. The number of carbonyl (C=O) groups excluding carboxylic acids is 2. The fraction of sp³-hybridized carbons (Fsp3) is 0.548. The summed E-state index contributed by atoms with van der Waals surface area (Å²) < 4.78 is 5.43. The maximum absolute atomic E-state index is 13.3. The predicted molar refractivity (Wildman–Crippen MR) is 156 cm³/mol. The number of morpholine rings is 1. The number of hydrogen-bond donors (Lipinski definition) is 2. The molecule has 3 amide bonds. The van der Waals surface area contributed by atoms with Crippen molar-refractivity contribution < 1.29 is 14.3 Å². The molecule has 2 saturated heterocycles. The summed E-state index contributed by atoms with van der Waals surface area (Å²) in [5.74, 6) is 1.02. The molecule has 8 nitrogen and oxygen atoms in total. The van der Waals surface area contributed by atoms with Crippen LogP contribution >= 0.6 is 0 Å². The number of nitrogens with zero attached hydrogens (tertiary/aromatic N) is 3. The molecule has 3 fully saturated rings. The van der Waals surface area contributed by atoms with Crippen LogP contribution in [0.2, 0.25) is 0 Å². The van der Waals surface area contributed by atoms with Crippen molar-refractivity contribution >= 4 is 23.3 Å².